The summed E-state index contributed by atoms with van der Waals surface area (Å²) >= 11 is 0. The molecule has 0 heterocycles. The molecule has 0 unspecified atom stereocenters. The Morgan fingerprint density at radius 3 is 2.47 bits per heavy atom. The molecular weight excluding hydrogens is 224 g/mol. The Labute approximate surface area is 99.4 Å². The van der Waals surface area contributed by atoms with Gasteiger partial charge in [0.2, 0.25) is 0 Å². The number of ether oxygens (including phenoxy) is 2. The van der Waals surface area contributed by atoms with Crippen LogP contribution in [0.5, 0.6) is 0 Å². The summed E-state index contributed by atoms with van der Waals surface area (Å²) in [5, 5.41) is 9.28. The van der Waals surface area contributed by atoms with E-state index in [2.05, 4.69) is 0 Å². The van der Waals surface area contributed by atoms with Gasteiger partial charge in [0.05, 0.1) is 20.8 Å². The van der Waals surface area contributed by atoms with E-state index < -0.39 is 22.8 Å². The maximum Gasteiger partial charge on any atom is 0.317 e. The number of methoxy groups -OCH3 is 2. The minimum atomic E-state index is -0.996. The Kier molecular flexibility index (Phi) is 2.73. The van der Waals surface area contributed by atoms with Crippen molar-refractivity contribution in [3.05, 3.63) is 11.6 Å². The first-order valence-corrected chi connectivity index (χ1v) is 5.59. The van der Waals surface area contributed by atoms with Crippen LogP contribution < -0.4 is 0 Å². The van der Waals surface area contributed by atoms with E-state index in [1.807, 2.05) is 0 Å². The number of hydrogen-bond acceptors (Lipinski definition) is 5. The van der Waals surface area contributed by atoms with Crippen LogP contribution in [-0.4, -0.2) is 37.9 Å². The average molecular weight is 240 g/mol. The van der Waals surface area contributed by atoms with Gasteiger partial charge in [-0.1, -0.05) is 12.5 Å². The first-order valence-electron chi connectivity index (χ1n) is 5.59. The molecule has 1 saturated carbocycles. The predicted octanol–water partition coefficient (Wildman–Crippen LogP) is 0.421. The van der Waals surface area contributed by atoms with E-state index in [4.69, 9.17) is 9.47 Å². The molecule has 0 aromatic rings. The van der Waals surface area contributed by atoms with Gasteiger partial charge < -0.3 is 14.6 Å². The smallest absolute Gasteiger partial charge is 0.317 e. The van der Waals surface area contributed by atoms with Crippen molar-refractivity contribution < 1.29 is 24.2 Å². The van der Waals surface area contributed by atoms with Gasteiger partial charge in [0.15, 0.2) is 0 Å². The van der Waals surface area contributed by atoms with Crippen molar-refractivity contribution in [3.63, 3.8) is 0 Å². The van der Waals surface area contributed by atoms with Gasteiger partial charge in [-0.25, -0.2) is 0 Å². The second-order valence-electron chi connectivity index (χ2n) is 4.54. The second-order valence-corrected chi connectivity index (χ2v) is 4.54. The zero-order chi connectivity index (χ0) is 12.7. The molecule has 2 rings (SSSR count). The highest BCUT2D eigenvalue weighted by Crippen LogP contribution is 2.66. The Balaban J connectivity index is 2.50. The Morgan fingerprint density at radius 2 is 1.94 bits per heavy atom. The lowest BCUT2D eigenvalue weighted by Crippen LogP contribution is -2.57. The molecule has 0 saturated heterocycles. The van der Waals surface area contributed by atoms with Gasteiger partial charge in [-0.15, -0.1) is 0 Å². The van der Waals surface area contributed by atoms with Crippen LogP contribution in [0.25, 0.3) is 0 Å². The lowest BCUT2D eigenvalue weighted by atomic mass is 9.52. The van der Waals surface area contributed by atoms with Crippen molar-refractivity contribution in [3.8, 4) is 0 Å². The Morgan fingerprint density at radius 1 is 1.29 bits per heavy atom. The minimum Gasteiger partial charge on any atom is -0.468 e. The number of carbonyl (C=O) groups is 2. The van der Waals surface area contributed by atoms with Crippen LogP contribution in [0, 0.1) is 10.8 Å². The number of rotatable bonds is 3. The quantitative estimate of drug-likeness (QED) is 0.571. The summed E-state index contributed by atoms with van der Waals surface area (Å²) < 4.78 is 9.61. The monoisotopic (exact) mass is 240 g/mol. The van der Waals surface area contributed by atoms with Gasteiger partial charge in [-0.3, -0.25) is 9.59 Å². The third kappa shape index (κ3) is 1.17. The molecule has 5 heteroatoms. The fraction of sp³-hybridized carbons (Fsp3) is 0.667. The highest BCUT2D eigenvalue weighted by molar-refractivity contribution is 5.97. The summed E-state index contributed by atoms with van der Waals surface area (Å²) in [6.45, 7) is -0.228. The summed E-state index contributed by atoms with van der Waals surface area (Å²) in [6, 6.07) is 0. The molecular formula is C12H16O5. The van der Waals surface area contributed by atoms with Gasteiger partial charge in [-0.05, 0) is 18.4 Å². The summed E-state index contributed by atoms with van der Waals surface area (Å²) in [6.07, 6.45) is 3.51. The van der Waals surface area contributed by atoms with E-state index in [1.165, 1.54) is 14.2 Å². The third-order valence-corrected chi connectivity index (χ3v) is 4.11. The molecule has 17 heavy (non-hydrogen) atoms. The maximum absolute atomic E-state index is 12.0. The van der Waals surface area contributed by atoms with Crippen molar-refractivity contribution in [1.82, 2.24) is 0 Å². The molecule has 0 spiro atoms. The number of carbonyl (C=O) groups excluding carboxylic acids is 2. The van der Waals surface area contributed by atoms with Crippen LogP contribution >= 0.6 is 0 Å². The van der Waals surface area contributed by atoms with Crippen LogP contribution in [0.1, 0.15) is 19.3 Å². The number of hydrogen-bond donors (Lipinski definition) is 1. The predicted molar refractivity (Wildman–Crippen MR) is 57.9 cm³/mol. The van der Waals surface area contributed by atoms with E-state index in [1.54, 1.807) is 6.08 Å². The molecule has 0 aromatic carbocycles. The van der Waals surface area contributed by atoms with Crippen LogP contribution in [0.3, 0.4) is 0 Å². The Hall–Kier alpha value is -1.36. The van der Waals surface area contributed by atoms with E-state index in [9.17, 15) is 14.7 Å². The zero-order valence-corrected chi connectivity index (χ0v) is 9.99. The number of aliphatic hydroxyl groups excluding tert-OH is 1. The first-order chi connectivity index (χ1) is 8.09. The number of fused-ring (bicyclic) bond motifs is 1. The summed E-state index contributed by atoms with van der Waals surface area (Å²) in [5.41, 5.74) is -1.34. The molecule has 0 radical (unpaired) electrons. The summed E-state index contributed by atoms with van der Waals surface area (Å²) in [5.74, 6) is -0.871. The first kappa shape index (κ1) is 12.1. The maximum atomic E-state index is 12.0. The second kappa shape index (κ2) is 3.84. The van der Waals surface area contributed by atoms with Gasteiger partial charge in [0.25, 0.3) is 0 Å². The standard InChI is InChI=1S/C12H16O5/c1-16-9(14)11-4-3-5-12(11,10(15)17-2)8(6-11)7-13/h6,13H,3-5,7H2,1-2H3/t11-,12+/m1/s1. The van der Waals surface area contributed by atoms with Crippen LogP contribution in [0.15, 0.2) is 11.6 Å². The lowest BCUT2D eigenvalue weighted by Gasteiger charge is -2.49. The molecule has 2 aliphatic rings. The van der Waals surface area contributed by atoms with Crippen LogP contribution in [0.4, 0.5) is 0 Å². The van der Waals surface area contributed by atoms with Gasteiger partial charge in [-0.2, -0.15) is 0 Å². The van der Waals surface area contributed by atoms with Crippen molar-refractivity contribution in [2.45, 2.75) is 19.3 Å². The van der Waals surface area contributed by atoms with Crippen molar-refractivity contribution >= 4 is 11.9 Å². The molecule has 0 bridgehead atoms. The van der Waals surface area contributed by atoms with E-state index in [-0.39, 0.29) is 6.61 Å². The molecule has 0 aliphatic heterocycles. The zero-order valence-electron chi connectivity index (χ0n) is 9.99. The van der Waals surface area contributed by atoms with Crippen LogP contribution in [-0.2, 0) is 19.1 Å². The minimum absolute atomic E-state index is 0.228. The molecule has 1 fully saturated rings. The van der Waals surface area contributed by atoms with Gasteiger partial charge in [0, 0.05) is 0 Å². The fourth-order valence-electron chi connectivity index (χ4n) is 3.34. The normalized spacial score (nSPS) is 34.4. The lowest BCUT2D eigenvalue weighted by molar-refractivity contribution is -0.171. The van der Waals surface area contributed by atoms with E-state index >= 15 is 0 Å². The topological polar surface area (TPSA) is 72.8 Å². The van der Waals surface area contributed by atoms with E-state index in [0.717, 1.165) is 6.42 Å². The van der Waals surface area contributed by atoms with Gasteiger partial charge in [0.1, 0.15) is 10.8 Å². The SMILES string of the molecule is COC(=O)[C@@]12CCC[C@]1(C(=O)OC)C=C2CO. The largest absolute Gasteiger partial charge is 0.468 e. The van der Waals surface area contributed by atoms with Crippen LogP contribution in [0.2, 0.25) is 0 Å². The molecule has 94 valence electrons. The highest BCUT2D eigenvalue weighted by Gasteiger charge is 2.71. The molecule has 5 nitrogen and oxygen atoms in total. The average Bonchev–Trinajstić information content (AvgIpc) is 2.63. The number of esters is 2. The van der Waals surface area contributed by atoms with Crippen molar-refractivity contribution in [2.75, 3.05) is 20.8 Å². The summed E-state index contributed by atoms with van der Waals surface area (Å²) in [4.78, 5) is 23.9. The molecule has 2 atom stereocenters. The third-order valence-electron chi connectivity index (χ3n) is 4.11. The summed E-state index contributed by atoms with van der Waals surface area (Å²) in [7, 11) is 2.60. The molecule has 0 aromatic heterocycles. The van der Waals surface area contributed by atoms with E-state index in [0.29, 0.717) is 18.4 Å². The number of aliphatic hydroxyl groups is 1. The highest BCUT2D eigenvalue weighted by atomic mass is 16.5. The molecule has 1 N–H and O–H groups in total. The Bertz CT molecular complexity index is 400. The molecule has 2 aliphatic carbocycles. The fourth-order valence-corrected chi connectivity index (χ4v) is 3.34. The van der Waals surface area contributed by atoms with Crippen molar-refractivity contribution in [2.24, 2.45) is 10.8 Å². The van der Waals surface area contributed by atoms with Crippen molar-refractivity contribution in [1.29, 1.82) is 0 Å². The van der Waals surface area contributed by atoms with Gasteiger partial charge >= 0.3 is 11.9 Å². The molecule has 0 amide bonds.